The summed E-state index contributed by atoms with van der Waals surface area (Å²) in [6.07, 6.45) is 0. The van der Waals surface area contributed by atoms with Gasteiger partial charge in [-0.2, -0.15) is 0 Å². The summed E-state index contributed by atoms with van der Waals surface area (Å²) in [7, 11) is 0. The van der Waals surface area contributed by atoms with E-state index in [4.69, 9.17) is 29.1 Å². The molecule has 0 aliphatic carbocycles. The molecule has 11 aromatic rings. The molecule has 0 aliphatic rings. The van der Waals surface area contributed by atoms with E-state index in [9.17, 15) is 16.4 Å². The maximum atomic E-state index is 9.94. The molecule has 1 nitrogen and oxygen atoms in total. The Morgan fingerprint density at radius 3 is 1.57 bits per heavy atom. The molecule has 11 rings (SSSR count). The van der Waals surface area contributed by atoms with Gasteiger partial charge in [-0.05, 0) is 100.0 Å². The molecular formula is C50H30O. The molecule has 1 heteroatoms. The van der Waals surface area contributed by atoms with E-state index in [2.05, 4.69) is 0 Å². The van der Waals surface area contributed by atoms with Gasteiger partial charge in [-0.1, -0.05) is 163 Å². The lowest BCUT2D eigenvalue weighted by molar-refractivity contribution is 0.673. The van der Waals surface area contributed by atoms with Gasteiger partial charge < -0.3 is 4.42 Å². The molecule has 0 amide bonds. The molecule has 0 saturated heterocycles. The summed E-state index contributed by atoms with van der Waals surface area (Å²) in [6.45, 7) is 0. The Morgan fingerprint density at radius 1 is 0.333 bits per heavy atom. The first-order valence-corrected chi connectivity index (χ1v) is 15.2. The summed E-state index contributed by atoms with van der Waals surface area (Å²) < 4.78 is 280. The predicted molar refractivity (Wildman–Crippen MR) is 218 cm³/mol. The second-order valence-electron chi connectivity index (χ2n) is 11.3. The lowest BCUT2D eigenvalue weighted by Crippen LogP contribution is -1.93. The number of rotatable bonds is 3. The van der Waals surface area contributed by atoms with Crippen molar-refractivity contribution in [1.29, 1.82) is 0 Å². The molecule has 1 aromatic heterocycles. The Balaban J connectivity index is 1.46. The highest BCUT2D eigenvalue weighted by Crippen LogP contribution is 2.49. The summed E-state index contributed by atoms with van der Waals surface area (Å²) >= 11 is 0. The minimum Gasteiger partial charge on any atom is -0.455 e. The number of hydrogen-bond acceptors (Lipinski definition) is 1. The summed E-state index contributed by atoms with van der Waals surface area (Å²) in [6, 6.07) is -28.7. The average molecular weight is 677 g/mol. The van der Waals surface area contributed by atoms with Crippen LogP contribution >= 0.6 is 0 Å². The van der Waals surface area contributed by atoms with Gasteiger partial charge >= 0.3 is 0 Å². The molecule has 10 aromatic carbocycles. The van der Waals surface area contributed by atoms with Crippen molar-refractivity contribution in [2.75, 3.05) is 0 Å². The first-order chi connectivity index (χ1) is 37.8. The molecule has 0 fully saturated rings. The van der Waals surface area contributed by atoms with E-state index in [1.165, 1.54) is 0 Å². The predicted octanol–water partition coefficient (Wildman–Crippen LogP) is 14.4. The van der Waals surface area contributed by atoms with Gasteiger partial charge in [-0.15, -0.1) is 0 Å². The van der Waals surface area contributed by atoms with Gasteiger partial charge in [0.25, 0.3) is 0 Å². The van der Waals surface area contributed by atoms with Gasteiger partial charge in [0.2, 0.25) is 0 Å². The van der Waals surface area contributed by atoms with Crippen molar-refractivity contribution in [3.8, 4) is 33.4 Å². The molecule has 0 N–H and O–H groups in total. The minimum absolute atomic E-state index is 0.485. The van der Waals surface area contributed by atoms with E-state index in [0.717, 1.165) is 0 Å². The fourth-order valence-electron chi connectivity index (χ4n) is 6.50. The highest BCUT2D eigenvalue weighted by atomic mass is 16.3. The van der Waals surface area contributed by atoms with Crippen LogP contribution in [0.1, 0.15) is 41.1 Å². The van der Waals surface area contributed by atoms with Crippen molar-refractivity contribution in [2.24, 2.45) is 0 Å². The van der Waals surface area contributed by atoms with E-state index in [-0.39, 0.29) is 0 Å². The molecule has 51 heavy (non-hydrogen) atoms. The summed E-state index contributed by atoms with van der Waals surface area (Å²) in [5, 5.41) is -8.14. The van der Waals surface area contributed by atoms with Crippen LogP contribution < -0.4 is 0 Å². The smallest absolute Gasteiger partial charge is 0.143 e. The first-order valence-electron chi connectivity index (χ1n) is 30.2. The van der Waals surface area contributed by atoms with Crippen LogP contribution in [-0.2, 0) is 0 Å². The van der Waals surface area contributed by atoms with E-state index < -0.39 is 290 Å². The first kappa shape index (κ1) is 11.7. The zero-order valence-electron chi connectivity index (χ0n) is 55.4. The zero-order valence-corrected chi connectivity index (χ0v) is 25.4. The van der Waals surface area contributed by atoms with Crippen LogP contribution in [0.4, 0.5) is 0 Å². The van der Waals surface area contributed by atoms with Crippen LogP contribution in [0, 0.1) is 0 Å². The number of fused-ring (bicyclic) bond motifs is 9. The van der Waals surface area contributed by atoms with E-state index in [1.807, 2.05) is 0 Å². The largest absolute Gasteiger partial charge is 0.455 e. The fraction of sp³-hybridized carbons (Fsp3) is 0. The van der Waals surface area contributed by atoms with Crippen molar-refractivity contribution < 1.29 is 45.5 Å². The van der Waals surface area contributed by atoms with Gasteiger partial charge in [-0.3, -0.25) is 0 Å². The molecule has 1 heterocycles. The van der Waals surface area contributed by atoms with Crippen molar-refractivity contribution in [2.45, 2.75) is 0 Å². The fourth-order valence-corrected chi connectivity index (χ4v) is 6.50. The lowest BCUT2D eigenvalue weighted by atomic mass is 9.83. The molecule has 0 saturated carbocycles. The average Bonchev–Trinajstić information content (AvgIpc) is 3.87. The topological polar surface area (TPSA) is 13.1 Å². The molecule has 0 radical (unpaired) electrons. The Labute approximate surface area is 336 Å². The van der Waals surface area contributed by atoms with Crippen LogP contribution in [0.25, 0.3) is 109 Å². The third kappa shape index (κ3) is 4.16. The maximum absolute atomic E-state index is 9.94. The molecule has 0 bridgehead atoms. The third-order valence-corrected chi connectivity index (χ3v) is 8.62. The minimum atomic E-state index is -1.15. The number of benzene rings is 10. The van der Waals surface area contributed by atoms with Crippen molar-refractivity contribution >= 4 is 75.8 Å². The highest BCUT2D eigenvalue weighted by Gasteiger charge is 2.22. The Hall–Kier alpha value is -6.70. The monoisotopic (exact) mass is 676 g/mol. The maximum Gasteiger partial charge on any atom is 0.143 e. The van der Waals surface area contributed by atoms with Gasteiger partial charge in [0.15, 0.2) is 0 Å². The highest BCUT2D eigenvalue weighted by molar-refractivity contribution is 6.28. The second kappa shape index (κ2) is 10.9. The van der Waals surface area contributed by atoms with Crippen LogP contribution in [0.2, 0.25) is 0 Å². The standard InChI is InChI=1S/C50H30O/c1-2-14-33-30-34(25-24-31(33)12-1)35-28-29-43(38-17-6-5-16-37(35)38)47-39-18-7-9-20-41(39)48(42-21-10-8-19-40(42)47)44-22-11-23-46-49(44)45-27-26-32-13-3-4-15-36(32)50(45)51-46/h1-30H/i1D,2D,3D,4D,5D,6D,7D,8D,9D,10D,11D,12D,13D,14D,15D,16D,17D,18D,19D,20D,21D,22D,23D,24D,25D,26D,27D,28D,29D,30D. The lowest BCUT2D eigenvalue weighted by Gasteiger charge is -2.20. The van der Waals surface area contributed by atoms with Gasteiger partial charge in [0.05, 0.1) is 41.1 Å². The molecule has 0 aliphatic heterocycles. The normalized spacial score (nSPS) is 20.2. The van der Waals surface area contributed by atoms with Gasteiger partial charge in [0.1, 0.15) is 11.2 Å². The number of hydrogen-bond donors (Lipinski definition) is 0. The van der Waals surface area contributed by atoms with Gasteiger partial charge in [-0.25, -0.2) is 0 Å². The van der Waals surface area contributed by atoms with Crippen molar-refractivity contribution in [1.82, 2.24) is 0 Å². The van der Waals surface area contributed by atoms with Crippen LogP contribution in [-0.4, -0.2) is 0 Å². The van der Waals surface area contributed by atoms with Crippen molar-refractivity contribution in [3.63, 3.8) is 0 Å². The summed E-state index contributed by atoms with van der Waals surface area (Å²) in [5.74, 6) is 0. The van der Waals surface area contributed by atoms with Crippen LogP contribution in [0.3, 0.4) is 0 Å². The van der Waals surface area contributed by atoms with E-state index in [0.29, 0.717) is 0 Å². The molecule has 236 valence electrons. The Kier molecular flexibility index (Phi) is 2.50. The number of furan rings is 1. The Morgan fingerprint density at radius 2 is 0.863 bits per heavy atom. The second-order valence-corrected chi connectivity index (χ2v) is 11.3. The van der Waals surface area contributed by atoms with Crippen LogP contribution in [0.5, 0.6) is 0 Å². The van der Waals surface area contributed by atoms with Crippen LogP contribution in [0.15, 0.2) is 186 Å². The molecule has 0 unspecified atom stereocenters. The molecule has 0 spiro atoms. The third-order valence-electron chi connectivity index (χ3n) is 8.62. The quantitative estimate of drug-likeness (QED) is 0.170. The van der Waals surface area contributed by atoms with Crippen molar-refractivity contribution in [3.05, 3.63) is 181 Å². The SMILES string of the molecule is [2H]c1c([2H])c(-c2c3c([2H])c([2H])c([2H])c([2H])c3c(-c3c([2H])c([2H])c(-c4c([2H])c([2H])c5c([2H])c([2H])c([2H])c([2H])c5c4[2H])c4c([2H])c([2H])c([2H])c([2H])c34)c3c([2H])c([2H])c([2H])c([2H])c23)c2c(oc3c4c([2H])c([2H])c([2H])c([2H])c4c([2H])c([2H])c32)c1[2H]. The summed E-state index contributed by atoms with van der Waals surface area (Å²) in [5.41, 5.74) is -6.03. The van der Waals surface area contributed by atoms with E-state index >= 15 is 0 Å². The van der Waals surface area contributed by atoms with Gasteiger partial charge in [0, 0.05) is 16.2 Å². The zero-order chi connectivity index (χ0) is 59.6. The summed E-state index contributed by atoms with van der Waals surface area (Å²) in [4.78, 5) is 0. The Bertz CT molecular complexity index is 4850. The molecular weight excluding hydrogens is 617 g/mol. The van der Waals surface area contributed by atoms with E-state index in [1.54, 1.807) is 0 Å². The molecule has 0 atom stereocenters.